The number of esters is 1. The summed E-state index contributed by atoms with van der Waals surface area (Å²) in [5.74, 6) is -1.24. The molecule has 0 aliphatic rings. The third kappa shape index (κ3) is 3.69. The van der Waals surface area contributed by atoms with E-state index in [4.69, 9.17) is 9.15 Å². The molecule has 0 radical (unpaired) electrons. The van der Waals surface area contributed by atoms with Gasteiger partial charge in [0.1, 0.15) is 11.1 Å². The third-order valence-electron chi connectivity index (χ3n) is 3.63. The molecule has 1 atom stereocenters. The lowest BCUT2D eigenvalue weighted by atomic mass is 10.1. The normalized spacial score (nSPS) is 11.9. The summed E-state index contributed by atoms with van der Waals surface area (Å²) in [4.78, 5) is 36.6. The van der Waals surface area contributed by atoms with Gasteiger partial charge in [0.25, 0.3) is 0 Å². The van der Waals surface area contributed by atoms with E-state index >= 15 is 0 Å². The highest BCUT2D eigenvalue weighted by molar-refractivity contribution is 9.10. The standard InChI is InChI=1S/C19H13BrO5/c1-11(17(21)12-5-3-2-4-6-12)24-18(22)15-10-13-9-14(20)7-8-16(13)25-19(15)23/h2-11H,1H3. The van der Waals surface area contributed by atoms with Crippen molar-refractivity contribution in [1.82, 2.24) is 0 Å². The van der Waals surface area contributed by atoms with Gasteiger partial charge >= 0.3 is 11.6 Å². The minimum absolute atomic E-state index is 0.252. The van der Waals surface area contributed by atoms with Gasteiger partial charge in [-0.3, -0.25) is 4.79 Å². The van der Waals surface area contributed by atoms with E-state index in [1.165, 1.54) is 13.0 Å². The van der Waals surface area contributed by atoms with E-state index < -0.39 is 17.7 Å². The van der Waals surface area contributed by atoms with E-state index in [0.29, 0.717) is 16.5 Å². The Kier molecular flexibility index (Phi) is 4.81. The fourth-order valence-corrected chi connectivity index (χ4v) is 2.73. The Bertz CT molecular complexity index is 1010. The molecule has 0 amide bonds. The second-order valence-electron chi connectivity index (χ2n) is 5.41. The van der Waals surface area contributed by atoms with Gasteiger partial charge in [-0.05, 0) is 31.2 Å². The van der Waals surface area contributed by atoms with Crippen molar-refractivity contribution >= 4 is 38.7 Å². The molecule has 126 valence electrons. The predicted octanol–water partition coefficient (Wildman–Crippen LogP) is 3.98. The average molecular weight is 401 g/mol. The molecule has 0 N–H and O–H groups in total. The van der Waals surface area contributed by atoms with Gasteiger partial charge in [0.05, 0.1) is 0 Å². The number of halogens is 1. The van der Waals surface area contributed by atoms with Crippen LogP contribution >= 0.6 is 15.9 Å². The number of benzene rings is 2. The van der Waals surface area contributed by atoms with Crippen molar-refractivity contribution in [3.63, 3.8) is 0 Å². The first-order valence-corrected chi connectivity index (χ1v) is 8.28. The minimum atomic E-state index is -1.02. The molecule has 0 aliphatic heterocycles. The molecule has 3 aromatic rings. The zero-order valence-electron chi connectivity index (χ0n) is 13.2. The molecule has 0 aliphatic carbocycles. The van der Waals surface area contributed by atoms with Gasteiger partial charge in [-0.15, -0.1) is 0 Å². The first-order valence-electron chi connectivity index (χ1n) is 7.49. The zero-order chi connectivity index (χ0) is 18.0. The maximum atomic E-state index is 12.3. The van der Waals surface area contributed by atoms with Crippen LogP contribution in [-0.2, 0) is 4.74 Å². The summed E-state index contributed by atoms with van der Waals surface area (Å²) in [5, 5.41) is 0.572. The van der Waals surface area contributed by atoms with Crippen LogP contribution in [0.3, 0.4) is 0 Å². The number of Topliss-reactive ketones (excluding diaryl/α,β-unsaturated/α-hetero) is 1. The molecule has 2 aromatic carbocycles. The Morgan fingerprint density at radius 3 is 2.52 bits per heavy atom. The zero-order valence-corrected chi connectivity index (χ0v) is 14.8. The number of hydrogen-bond acceptors (Lipinski definition) is 5. The summed E-state index contributed by atoms with van der Waals surface area (Å²) in [6.45, 7) is 1.46. The van der Waals surface area contributed by atoms with Crippen molar-refractivity contribution in [2.75, 3.05) is 0 Å². The summed E-state index contributed by atoms with van der Waals surface area (Å²) in [7, 11) is 0. The number of carbonyl (C=O) groups is 2. The molecular formula is C19H13BrO5. The predicted molar refractivity (Wildman–Crippen MR) is 95.8 cm³/mol. The van der Waals surface area contributed by atoms with Crippen molar-refractivity contribution in [2.45, 2.75) is 13.0 Å². The molecule has 0 saturated carbocycles. The molecule has 1 aromatic heterocycles. The molecule has 25 heavy (non-hydrogen) atoms. The summed E-state index contributed by atoms with van der Waals surface area (Å²) < 4.78 is 11.1. The van der Waals surface area contributed by atoms with E-state index in [9.17, 15) is 14.4 Å². The Morgan fingerprint density at radius 1 is 1.08 bits per heavy atom. The molecule has 3 rings (SSSR count). The van der Waals surface area contributed by atoms with Crippen molar-refractivity contribution in [3.05, 3.63) is 80.6 Å². The van der Waals surface area contributed by atoms with Crippen LogP contribution in [0.25, 0.3) is 11.0 Å². The van der Waals surface area contributed by atoms with Crippen molar-refractivity contribution in [1.29, 1.82) is 0 Å². The first-order chi connectivity index (χ1) is 12.0. The quantitative estimate of drug-likeness (QED) is 0.376. The lowest BCUT2D eigenvalue weighted by Gasteiger charge is -2.12. The van der Waals surface area contributed by atoms with Crippen LogP contribution in [0.5, 0.6) is 0 Å². The summed E-state index contributed by atoms with van der Waals surface area (Å²) >= 11 is 3.32. The summed E-state index contributed by atoms with van der Waals surface area (Å²) in [6.07, 6.45) is -1.02. The highest BCUT2D eigenvalue weighted by Crippen LogP contribution is 2.20. The molecule has 1 unspecified atom stereocenters. The van der Waals surface area contributed by atoms with Crippen LogP contribution in [0.2, 0.25) is 0 Å². The SMILES string of the molecule is CC(OC(=O)c1cc2cc(Br)ccc2oc1=O)C(=O)c1ccccc1. The number of hydrogen-bond donors (Lipinski definition) is 0. The van der Waals surface area contributed by atoms with Gasteiger partial charge in [0.2, 0.25) is 5.78 Å². The van der Waals surface area contributed by atoms with Gasteiger partial charge in [-0.25, -0.2) is 9.59 Å². The number of carbonyl (C=O) groups excluding carboxylic acids is 2. The van der Waals surface area contributed by atoms with E-state index in [1.54, 1.807) is 48.5 Å². The largest absolute Gasteiger partial charge is 0.450 e. The Balaban J connectivity index is 1.85. The molecule has 1 heterocycles. The van der Waals surface area contributed by atoms with E-state index in [2.05, 4.69) is 15.9 Å². The summed E-state index contributed by atoms with van der Waals surface area (Å²) in [6, 6.07) is 15.0. The maximum absolute atomic E-state index is 12.3. The van der Waals surface area contributed by atoms with Crippen LogP contribution in [0, 0.1) is 0 Å². The van der Waals surface area contributed by atoms with E-state index in [1.807, 2.05) is 0 Å². The van der Waals surface area contributed by atoms with Gasteiger partial charge in [0.15, 0.2) is 6.10 Å². The topological polar surface area (TPSA) is 73.6 Å². The first kappa shape index (κ1) is 17.1. The van der Waals surface area contributed by atoms with Crippen LogP contribution in [0.4, 0.5) is 0 Å². The summed E-state index contributed by atoms with van der Waals surface area (Å²) in [5.41, 5.74) is -0.270. The highest BCUT2D eigenvalue weighted by Gasteiger charge is 2.23. The molecule has 0 spiro atoms. The third-order valence-corrected chi connectivity index (χ3v) is 4.12. The van der Waals surface area contributed by atoms with Crippen LogP contribution in [-0.4, -0.2) is 17.9 Å². The lowest BCUT2D eigenvalue weighted by molar-refractivity contribution is 0.0315. The second-order valence-corrected chi connectivity index (χ2v) is 6.32. The van der Waals surface area contributed by atoms with Crippen LogP contribution in [0.1, 0.15) is 27.6 Å². The smallest absolute Gasteiger partial charge is 0.351 e. The van der Waals surface area contributed by atoms with Gasteiger partial charge in [-0.2, -0.15) is 0 Å². The van der Waals surface area contributed by atoms with Crippen LogP contribution in [0.15, 0.2) is 68.3 Å². The van der Waals surface area contributed by atoms with E-state index in [0.717, 1.165) is 4.47 Å². The molecule has 5 nitrogen and oxygen atoms in total. The molecule has 0 bridgehead atoms. The Morgan fingerprint density at radius 2 is 1.80 bits per heavy atom. The van der Waals surface area contributed by atoms with Gasteiger partial charge < -0.3 is 9.15 Å². The van der Waals surface area contributed by atoms with Crippen LogP contribution < -0.4 is 5.63 Å². The van der Waals surface area contributed by atoms with Gasteiger partial charge in [-0.1, -0.05) is 46.3 Å². The van der Waals surface area contributed by atoms with E-state index in [-0.39, 0.29) is 11.3 Å². The number of ether oxygens (including phenoxy) is 1. The van der Waals surface area contributed by atoms with Gasteiger partial charge in [0, 0.05) is 15.4 Å². The molecular weight excluding hydrogens is 388 g/mol. The van der Waals surface area contributed by atoms with Crippen molar-refractivity contribution < 1.29 is 18.7 Å². The molecule has 6 heteroatoms. The number of fused-ring (bicyclic) bond motifs is 1. The molecule has 0 saturated heterocycles. The fraction of sp³-hybridized carbons (Fsp3) is 0.105. The van der Waals surface area contributed by atoms with Crippen molar-refractivity contribution in [2.24, 2.45) is 0 Å². The maximum Gasteiger partial charge on any atom is 0.351 e. The van der Waals surface area contributed by atoms with Crippen molar-refractivity contribution in [3.8, 4) is 0 Å². The average Bonchev–Trinajstić information content (AvgIpc) is 2.61. The Hall–Kier alpha value is -2.73. The second kappa shape index (κ2) is 7.03. The Labute approximate surface area is 151 Å². The number of ketones is 1. The minimum Gasteiger partial charge on any atom is -0.450 e. The monoisotopic (exact) mass is 400 g/mol. The highest BCUT2D eigenvalue weighted by atomic mass is 79.9. The molecule has 0 fully saturated rings. The fourth-order valence-electron chi connectivity index (χ4n) is 2.35. The number of rotatable bonds is 4. The lowest BCUT2D eigenvalue weighted by Crippen LogP contribution is -2.27.